The third kappa shape index (κ3) is 5.74. The molecule has 0 saturated heterocycles. The predicted molar refractivity (Wildman–Crippen MR) is 85.2 cm³/mol. The number of rotatable bonds is 9. The van der Waals surface area contributed by atoms with Crippen molar-refractivity contribution in [2.75, 3.05) is 0 Å². The van der Waals surface area contributed by atoms with E-state index in [-0.39, 0.29) is 0 Å². The predicted octanol–water partition coefficient (Wildman–Crippen LogP) is 3.83. The van der Waals surface area contributed by atoms with E-state index in [2.05, 4.69) is 26.3 Å². The molecule has 0 rings (SSSR count). The van der Waals surface area contributed by atoms with Crippen molar-refractivity contribution in [2.45, 2.75) is 0 Å². The molecule has 0 N–H and O–H groups in total. The quantitative estimate of drug-likeness (QED) is 0.361. The van der Waals surface area contributed by atoms with Crippen molar-refractivity contribution in [1.29, 1.82) is 0 Å². The Morgan fingerprint density at radius 3 is 1.10 bits per heavy atom. The minimum atomic E-state index is 0.461. The van der Waals surface area contributed by atoms with Gasteiger partial charge in [-0.05, 0) is 11.1 Å². The molecule has 0 aromatic rings. The molecule has 0 amide bonds. The van der Waals surface area contributed by atoms with E-state index in [9.17, 15) is 9.59 Å². The van der Waals surface area contributed by atoms with Crippen LogP contribution in [0.25, 0.3) is 0 Å². The van der Waals surface area contributed by atoms with Gasteiger partial charge < -0.3 is 0 Å². The van der Waals surface area contributed by atoms with Crippen LogP contribution in [0.4, 0.5) is 0 Å². The Kier molecular flexibility index (Phi) is 8.81. The van der Waals surface area contributed by atoms with Crippen molar-refractivity contribution in [3.8, 4) is 0 Å². The lowest BCUT2D eigenvalue weighted by molar-refractivity contribution is -0.105. The van der Waals surface area contributed by atoms with E-state index in [0.29, 0.717) is 23.7 Å². The van der Waals surface area contributed by atoms with Gasteiger partial charge in [0.05, 0.1) is 0 Å². The molecule has 20 heavy (non-hydrogen) atoms. The largest absolute Gasteiger partial charge is 0.298 e. The summed E-state index contributed by atoms with van der Waals surface area (Å²) in [5, 5.41) is 0. The smallest absolute Gasteiger partial charge is 0.150 e. The molecular weight excluding hydrogens is 248 g/mol. The first-order valence-corrected chi connectivity index (χ1v) is 5.91. The first kappa shape index (κ1) is 17.3. The zero-order valence-electron chi connectivity index (χ0n) is 11.4. The number of allylic oxidation sites excluding steroid dienone is 12. The van der Waals surface area contributed by atoms with Crippen molar-refractivity contribution in [3.63, 3.8) is 0 Å². The van der Waals surface area contributed by atoms with Crippen LogP contribution in [-0.2, 0) is 9.59 Å². The van der Waals surface area contributed by atoms with Crippen molar-refractivity contribution in [3.05, 3.63) is 97.2 Å². The Morgan fingerprint density at radius 2 is 0.900 bits per heavy atom. The number of carbonyl (C=O) groups is 2. The first-order chi connectivity index (χ1) is 9.66. The van der Waals surface area contributed by atoms with Gasteiger partial charge in [0.15, 0.2) is 0 Å². The van der Waals surface area contributed by atoms with E-state index in [1.807, 2.05) is 0 Å². The molecule has 0 saturated carbocycles. The van der Waals surface area contributed by atoms with Crippen LogP contribution in [0.3, 0.4) is 0 Å². The van der Waals surface area contributed by atoms with Crippen LogP contribution in [0.15, 0.2) is 97.2 Å². The average Bonchev–Trinajstić information content (AvgIpc) is 2.50. The summed E-state index contributed by atoms with van der Waals surface area (Å²) in [6, 6.07) is 0. The zero-order chi connectivity index (χ0) is 15.4. The highest BCUT2D eigenvalue weighted by atomic mass is 16.1. The lowest BCUT2D eigenvalue weighted by atomic mass is 10.0. The molecule has 0 bridgehead atoms. The summed E-state index contributed by atoms with van der Waals surface area (Å²) in [4.78, 5) is 21.4. The van der Waals surface area contributed by atoms with Gasteiger partial charge in [0.25, 0.3) is 0 Å². The van der Waals surface area contributed by atoms with Gasteiger partial charge in [0.2, 0.25) is 0 Å². The number of carbonyl (C=O) groups excluding carboxylic acids is 2. The fourth-order valence-electron chi connectivity index (χ4n) is 1.25. The van der Waals surface area contributed by atoms with Gasteiger partial charge in [-0.2, -0.15) is 0 Å². The Hall–Kier alpha value is -2.74. The summed E-state index contributed by atoms with van der Waals surface area (Å²) in [6.07, 6.45) is 14.3. The van der Waals surface area contributed by atoms with Gasteiger partial charge in [-0.15, -0.1) is 0 Å². The van der Waals surface area contributed by atoms with Crippen molar-refractivity contribution in [2.24, 2.45) is 0 Å². The van der Waals surface area contributed by atoms with Gasteiger partial charge in [-0.1, -0.05) is 74.9 Å². The maximum atomic E-state index is 10.7. The molecule has 0 atom stereocenters. The molecular formula is C18H18O2. The van der Waals surface area contributed by atoms with Crippen molar-refractivity contribution < 1.29 is 9.59 Å². The maximum absolute atomic E-state index is 10.7. The summed E-state index contributed by atoms with van der Waals surface area (Å²) >= 11 is 0. The summed E-state index contributed by atoms with van der Waals surface area (Å²) in [7, 11) is 0. The second kappa shape index (κ2) is 10.2. The molecule has 0 radical (unpaired) electrons. The van der Waals surface area contributed by atoms with E-state index >= 15 is 0 Å². The molecule has 102 valence electrons. The molecule has 0 aliphatic carbocycles. The number of hydrogen-bond donors (Lipinski definition) is 0. The third-order valence-corrected chi connectivity index (χ3v) is 2.43. The highest BCUT2D eigenvalue weighted by Gasteiger charge is 1.96. The highest BCUT2D eigenvalue weighted by molar-refractivity contribution is 5.78. The van der Waals surface area contributed by atoms with Gasteiger partial charge >= 0.3 is 0 Å². The second-order valence-corrected chi connectivity index (χ2v) is 3.63. The molecule has 0 aromatic heterocycles. The fraction of sp³-hybridized carbons (Fsp3) is 0. The topological polar surface area (TPSA) is 34.1 Å². The summed E-state index contributed by atoms with van der Waals surface area (Å²) in [6.45, 7) is 14.5. The van der Waals surface area contributed by atoms with E-state index in [1.54, 1.807) is 36.5 Å². The first-order valence-electron chi connectivity index (χ1n) is 5.91. The van der Waals surface area contributed by atoms with Gasteiger partial charge in [-0.25, -0.2) is 0 Å². The monoisotopic (exact) mass is 266 g/mol. The van der Waals surface area contributed by atoms with Gasteiger partial charge in [0.1, 0.15) is 12.6 Å². The molecule has 0 unspecified atom stereocenters. The van der Waals surface area contributed by atoms with Crippen LogP contribution < -0.4 is 0 Å². The van der Waals surface area contributed by atoms with Crippen LogP contribution >= 0.6 is 0 Å². The van der Waals surface area contributed by atoms with E-state index < -0.39 is 0 Å². The molecule has 2 nitrogen and oxygen atoms in total. The van der Waals surface area contributed by atoms with E-state index in [0.717, 1.165) is 11.1 Å². The van der Waals surface area contributed by atoms with Crippen LogP contribution in [0, 0.1) is 0 Å². The molecule has 2 heteroatoms. The van der Waals surface area contributed by atoms with Crippen LogP contribution in [-0.4, -0.2) is 12.6 Å². The standard InChI is InChI=1S/C18H18O2/c1-5-15(13-19)9-11-17(7-3)18(8-4)12-10-16(6-2)14-20/h5-14H,1-4H2/b15-9+,16-10+,17-11+,18-12+. The zero-order valence-corrected chi connectivity index (χ0v) is 11.4. The second-order valence-electron chi connectivity index (χ2n) is 3.63. The van der Waals surface area contributed by atoms with Crippen LogP contribution in [0.2, 0.25) is 0 Å². The Bertz CT molecular complexity index is 468. The van der Waals surface area contributed by atoms with Crippen LogP contribution in [0.1, 0.15) is 0 Å². The highest BCUT2D eigenvalue weighted by Crippen LogP contribution is 2.14. The summed E-state index contributed by atoms with van der Waals surface area (Å²) in [5.74, 6) is 0. The van der Waals surface area contributed by atoms with Crippen molar-refractivity contribution in [1.82, 2.24) is 0 Å². The Morgan fingerprint density at radius 1 is 0.550 bits per heavy atom. The lowest BCUT2D eigenvalue weighted by Crippen LogP contribution is -1.84. The Labute approximate surface area is 120 Å². The van der Waals surface area contributed by atoms with E-state index in [4.69, 9.17) is 0 Å². The van der Waals surface area contributed by atoms with E-state index in [1.165, 1.54) is 12.2 Å². The summed E-state index contributed by atoms with van der Waals surface area (Å²) in [5.41, 5.74) is 2.46. The molecule has 0 aliphatic rings. The summed E-state index contributed by atoms with van der Waals surface area (Å²) < 4.78 is 0. The molecule has 0 aromatic carbocycles. The molecule has 0 spiro atoms. The minimum absolute atomic E-state index is 0.461. The Balaban J connectivity index is 5.59. The number of aldehydes is 2. The lowest BCUT2D eigenvalue weighted by Gasteiger charge is -2.01. The molecule has 0 fully saturated rings. The molecule has 0 aliphatic heterocycles. The van der Waals surface area contributed by atoms with Gasteiger partial charge in [-0.3, -0.25) is 9.59 Å². The average molecular weight is 266 g/mol. The third-order valence-electron chi connectivity index (χ3n) is 2.43. The SMILES string of the molecule is C=C\C(C=O)=C/C=C(C=C)/C(C=C)=C/C=C(\C=C)C=O. The maximum Gasteiger partial charge on any atom is 0.150 e. The molecule has 0 heterocycles. The van der Waals surface area contributed by atoms with Crippen molar-refractivity contribution >= 4 is 12.6 Å². The fourth-order valence-corrected chi connectivity index (χ4v) is 1.25. The van der Waals surface area contributed by atoms with Crippen LogP contribution in [0.5, 0.6) is 0 Å². The van der Waals surface area contributed by atoms with Gasteiger partial charge in [0, 0.05) is 11.1 Å². The number of hydrogen-bond acceptors (Lipinski definition) is 2. The minimum Gasteiger partial charge on any atom is -0.298 e. The normalized spacial score (nSPS) is 13.4.